The number of carbonyl (C=O) groups excluding carboxylic acids is 1. The van der Waals surface area contributed by atoms with Crippen LogP contribution in [0.15, 0.2) is 0 Å². The average molecular weight is 457 g/mol. The molecule has 8 nitrogen and oxygen atoms in total. The maximum absolute atomic E-state index is 11.7. The smallest absolute Gasteiger partial charge is 0.393 e. The van der Waals surface area contributed by atoms with Gasteiger partial charge in [-0.25, -0.2) is 4.57 Å². The lowest BCUT2D eigenvalue weighted by Gasteiger charge is -2.21. The fourth-order valence-electron chi connectivity index (χ4n) is 3.12. The Bertz CT molecular complexity index is 426. The molecule has 0 aliphatic heterocycles. The van der Waals surface area contributed by atoms with E-state index < -0.39 is 32.4 Å². The Morgan fingerprint density at radius 3 is 1.20 bits per heavy atom. The van der Waals surface area contributed by atoms with Crippen molar-refractivity contribution in [3.63, 3.8) is 0 Å². The van der Waals surface area contributed by atoms with Crippen LogP contribution in [0.1, 0.15) is 110 Å². The van der Waals surface area contributed by atoms with E-state index in [4.69, 9.17) is 29.5 Å². The number of aliphatic hydroxyl groups is 3. The molecule has 0 aromatic rings. The van der Waals surface area contributed by atoms with E-state index in [0.29, 0.717) is 0 Å². The van der Waals surface area contributed by atoms with Gasteiger partial charge in [-0.3, -0.25) is 4.79 Å². The molecular weight excluding hydrogens is 411 g/mol. The summed E-state index contributed by atoms with van der Waals surface area (Å²) >= 11 is 0. The van der Waals surface area contributed by atoms with Crippen molar-refractivity contribution < 1.29 is 39.4 Å². The quantitative estimate of drug-likeness (QED) is 0.127. The van der Waals surface area contributed by atoms with Crippen LogP contribution in [0.3, 0.4) is 0 Å². The third-order valence-electron chi connectivity index (χ3n) is 5.05. The minimum absolute atomic E-state index is 0.232. The Kier molecular flexibility index (Phi) is 21.8. The highest BCUT2D eigenvalue weighted by Crippen LogP contribution is 2.25. The lowest BCUT2D eigenvalue weighted by atomic mass is 9.95. The van der Waals surface area contributed by atoms with E-state index in [9.17, 15) is 9.90 Å². The molecule has 0 unspecified atom stereocenters. The van der Waals surface area contributed by atoms with Crippen molar-refractivity contribution in [2.24, 2.45) is 0 Å². The predicted octanol–water partition coefficient (Wildman–Crippen LogP) is 3.60. The van der Waals surface area contributed by atoms with Gasteiger partial charge in [0.05, 0.1) is 13.2 Å². The highest BCUT2D eigenvalue weighted by Gasteiger charge is 2.33. The Morgan fingerprint density at radius 1 is 0.667 bits per heavy atom. The topological polar surface area (TPSA) is 156 Å². The molecule has 9 heteroatoms. The molecular formula is C21H45O8P. The predicted molar refractivity (Wildman–Crippen MR) is 118 cm³/mol. The van der Waals surface area contributed by atoms with Gasteiger partial charge in [0.2, 0.25) is 0 Å². The van der Waals surface area contributed by atoms with Crippen molar-refractivity contribution in [3.05, 3.63) is 0 Å². The third kappa shape index (κ3) is 23.9. The summed E-state index contributed by atoms with van der Waals surface area (Å²) < 4.78 is 8.88. The van der Waals surface area contributed by atoms with Crippen molar-refractivity contribution in [2.75, 3.05) is 13.2 Å². The fraction of sp³-hybridized carbons (Fsp3) is 0.952. The molecule has 0 fully saturated rings. The van der Waals surface area contributed by atoms with Gasteiger partial charge >= 0.3 is 7.82 Å². The van der Waals surface area contributed by atoms with Crippen LogP contribution in [0, 0.1) is 0 Å². The highest BCUT2D eigenvalue weighted by atomic mass is 31.2. The Balaban J connectivity index is 0. The maximum Gasteiger partial charge on any atom is 0.466 e. The van der Waals surface area contributed by atoms with Crippen molar-refractivity contribution in [2.45, 2.75) is 115 Å². The first-order valence-electron chi connectivity index (χ1n) is 11.4. The molecule has 0 radical (unpaired) electrons. The summed E-state index contributed by atoms with van der Waals surface area (Å²) in [6.45, 7) is 0.843. The van der Waals surface area contributed by atoms with Gasteiger partial charge in [0, 0.05) is 6.42 Å². The number of Topliss-reactive ketones (excluding diaryl/α,β-unsaturated/α-hetero) is 1. The van der Waals surface area contributed by atoms with Crippen LogP contribution in [0.4, 0.5) is 0 Å². The molecule has 182 valence electrons. The first-order chi connectivity index (χ1) is 14.1. The van der Waals surface area contributed by atoms with Crippen LogP contribution < -0.4 is 0 Å². The van der Waals surface area contributed by atoms with Crippen molar-refractivity contribution in [3.8, 4) is 0 Å². The zero-order valence-electron chi connectivity index (χ0n) is 18.7. The standard InChI is InChI=1S/C21H42O4.H3O4P/c1-2-3-4-5-6-7-8-9-10-11-12-13-14-15-16-17-20(24)21(25,18-22)19-23;1-5(2,3)4/h22-23,25H,2-19H2,1H3;(H3,1,2,3,4). The van der Waals surface area contributed by atoms with Gasteiger partial charge in [-0.1, -0.05) is 96.8 Å². The largest absolute Gasteiger partial charge is 0.466 e. The summed E-state index contributed by atoms with van der Waals surface area (Å²) in [5.74, 6) is -0.452. The van der Waals surface area contributed by atoms with Crippen LogP contribution >= 0.6 is 7.82 Å². The van der Waals surface area contributed by atoms with Crippen molar-refractivity contribution in [1.82, 2.24) is 0 Å². The molecule has 0 spiro atoms. The summed E-state index contributed by atoms with van der Waals surface area (Å²) in [5.41, 5.74) is -1.95. The third-order valence-corrected chi connectivity index (χ3v) is 5.05. The van der Waals surface area contributed by atoms with Crippen LogP contribution in [0.25, 0.3) is 0 Å². The number of hydrogen-bond donors (Lipinski definition) is 6. The number of phosphoric acid groups is 1. The van der Waals surface area contributed by atoms with Gasteiger partial charge in [0.1, 0.15) is 0 Å². The van der Waals surface area contributed by atoms with Crippen molar-refractivity contribution in [1.29, 1.82) is 0 Å². The number of rotatable bonds is 19. The van der Waals surface area contributed by atoms with E-state index in [1.165, 1.54) is 77.0 Å². The zero-order chi connectivity index (χ0) is 23.3. The van der Waals surface area contributed by atoms with Crippen LogP contribution in [0.5, 0.6) is 0 Å². The van der Waals surface area contributed by atoms with E-state index in [0.717, 1.165) is 19.3 Å². The molecule has 0 aliphatic rings. The van der Waals surface area contributed by atoms with E-state index in [1.54, 1.807) is 0 Å². The summed E-state index contributed by atoms with van der Waals surface area (Å²) in [6, 6.07) is 0. The molecule has 30 heavy (non-hydrogen) atoms. The molecule has 6 N–H and O–H groups in total. The molecule has 0 heterocycles. The van der Waals surface area contributed by atoms with Crippen LogP contribution in [0.2, 0.25) is 0 Å². The molecule has 0 aromatic carbocycles. The van der Waals surface area contributed by atoms with Gasteiger partial charge < -0.3 is 30.0 Å². The number of hydrogen-bond acceptors (Lipinski definition) is 5. The lowest BCUT2D eigenvalue weighted by molar-refractivity contribution is -0.146. The van der Waals surface area contributed by atoms with E-state index in [-0.39, 0.29) is 6.42 Å². The minimum Gasteiger partial charge on any atom is -0.393 e. The SMILES string of the molecule is CCCCCCCCCCCCCCCCCC(=O)C(O)(CO)CO.O=P(O)(O)O. The second-order valence-electron chi connectivity index (χ2n) is 7.98. The first kappa shape index (κ1) is 31.8. The Labute approximate surface area is 182 Å². The Hall–Kier alpha value is -0.340. The van der Waals surface area contributed by atoms with Gasteiger partial charge in [0.25, 0.3) is 0 Å². The molecule has 0 rings (SSSR count). The molecule has 0 bridgehead atoms. The van der Waals surface area contributed by atoms with Gasteiger partial charge in [-0.15, -0.1) is 0 Å². The van der Waals surface area contributed by atoms with Crippen molar-refractivity contribution >= 4 is 13.6 Å². The summed E-state index contributed by atoms with van der Waals surface area (Å²) in [5, 5.41) is 27.6. The Morgan fingerprint density at radius 2 is 0.933 bits per heavy atom. The average Bonchev–Trinajstić information content (AvgIpc) is 2.68. The van der Waals surface area contributed by atoms with E-state index >= 15 is 0 Å². The highest BCUT2D eigenvalue weighted by molar-refractivity contribution is 7.45. The monoisotopic (exact) mass is 456 g/mol. The second kappa shape index (κ2) is 20.6. The summed E-state index contributed by atoms with van der Waals surface area (Å²) in [4.78, 5) is 33.3. The van der Waals surface area contributed by atoms with Gasteiger partial charge in [-0.05, 0) is 6.42 Å². The second-order valence-corrected chi connectivity index (χ2v) is 9.01. The zero-order valence-corrected chi connectivity index (χ0v) is 19.6. The lowest BCUT2D eigenvalue weighted by Crippen LogP contribution is -2.45. The summed E-state index contributed by atoms with van der Waals surface area (Å²) in [7, 11) is -4.64. The van der Waals surface area contributed by atoms with Gasteiger partial charge in [-0.2, -0.15) is 0 Å². The molecule has 0 aliphatic carbocycles. The normalized spacial score (nSPS) is 11.8. The van der Waals surface area contributed by atoms with E-state index in [2.05, 4.69) is 6.92 Å². The molecule has 0 saturated carbocycles. The number of ketones is 1. The molecule has 0 amide bonds. The molecule has 0 atom stereocenters. The fourth-order valence-corrected chi connectivity index (χ4v) is 3.12. The molecule has 0 saturated heterocycles. The maximum atomic E-state index is 11.7. The van der Waals surface area contributed by atoms with E-state index in [1.807, 2.05) is 0 Å². The van der Waals surface area contributed by atoms with Crippen LogP contribution in [-0.4, -0.2) is 54.6 Å². The van der Waals surface area contributed by atoms with Gasteiger partial charge in [0.15, 0.2) is 11.4 Å². The van der Waals surface area contributed by atoms with Crippen LogP contribution in [-0.2, 0) is 9.36 Å². The molecule has 0 aromatic heterocycles. The number of aliphatic hydroxyl groups excluding tert-OH is 2. The number of unbranched alkanes of at least 4 members (excludes halogenated alkanes) is 14. The first-order valence-corrected chi connectivity index (χ1v) is 12.9. The number of carbonyl (C=O) groups is 1. The minimum atomic E-state index is -4.64. The summed E-state index contributed by atoms with van der Waals surface area (Å²) in [6.07, 6.45) is 19.2.